The molecule has 3 aromatic rings. The number of anilines is 1. The van der Waals surface area contributed by atoms with Gasteiger partial charge in [-0.3, -0.25) is 14.9 Å². The monoisotopic (exact) mass is 383 g/mol. The zero-order chi connectivity index (χ0) is 19.5. The van der Waals surface area contributed by atoms with E-state index < -0.39 is 17.5 Å². The van der Waals surface area contributed by atoms with Gasteiger partial charge >= 0.3 is 0 Å². The van der Waals surface area contributed by atoms with Crippen molar-refractivity contribution in [3.63, 3.8) is 0 Å². The van der Waals surface area contributed by atoms with E-state index in [4.69, 9.17) is 0 Å². The molecule has 2 aromatic heterocycles. The molecule has 2 N–H and O–H groups in total. The number of hydrogen-bond acceptors (Lipinski definition) is 4. The van der Waals surface area contributed by atoms with Gasteiger partial charge in [-0.15, -0.1) is 0 Å². The summed E-state index contributed by atoms with van der Waals surface area (Å²) in [6.45, 7) is 1.39. The molecular formula is C20H19F2N5O. The Hall–Kier alpha value is -3.29. The minimum absolute atomic E-state index is 0.0191. The maximum Gasteiger partial charge on any atom is 0.251 e. The van der Waals surface area contributed by atoms with E-state index in [9.17, 15) is 13.6 Å². The summed E-state index contributed by atoms with van der Waals surface area (Å²) in [7, 11) is 0. The number of aromatic nitrogens is 3. The number of H-pyrrole nitrogens is 1. The van der Waals surface area contributed by atoms with Crippen LogP contribution >= 0.6 is 0 Å². The topological polar surface area (TPSA) is 73.9 Å². The van der Waals surface area contributed by atoms with Gasteiger partial charge in [0.1, 0.15) is 11.6 Å². The van der Waals surface area contributed by atoms with Crippen molar-refractivity contribution >= 4 is 11.7 Å². The lowest BCUT2D eigenvalue weighted by atomic mass is 10.0. The summed E-state index contributed by atoms with van der Waals surface area (Å²) in [6, 6.07) is 8.44. The first-order valence-corrected chi connectivity index (χ1v) is 9.06. The van der Waals surface area contributed by atoms with Crippen molar-refractivity contribution in [2.45, 2.75) is 18.9 Å². The fraction of sp³-hybridized carbons (Fsp3) is 0.250. The van der Waals surface area contributed by atoms with Gasteiger partial charge in [0, 0.05) is 54.8 Å². The van der Waals surface area contributed by atoms with Gasteiger partial charge in [0.2, 0.25) is 0 Å². The van der Waals surface area contributed by atoms with Gasteiger partial charge in [0.25, 0.3) is 5.91 Å². The number of rotatable bonds is 4. The molecule has 144 valence electrons. The van der Waals surface area contributed by atoms with Crippen LogP contribution in [0.25, 0.3) is 11.3 Å². The van der Waals surface area contributed by atoms with Crippen molar-refractivity contribution in [2.75, 3.05) is 18.0 Å². The highest BCUT2D eigenvalue weighted by Gasteiger charge is 2.24. The van der Waals surface area contributed by atoms with Crippen molar-refractivity contribution in [1.29, 1.82) is 0 Å². The molecule has 1 atom stereocenters. The number of aromatic amines is 1. The largest absolute Gasteiger partial charge is 0.353 e. The minimum Gasteiger partial charge on any atom is -0.353 e. The molecule has 1 amide bonds. The maximum absolute atomic E-state index is 13.3. The molecule has 0 bridgehead atoms. The predicted molar refractivity (Wildman–Crippen MR) is 101 cm³/mol. The van der Waals surface area contributed by atoms with Gasteiger partial charge in [0.15, 0.2) is 5.82 Å². The Labute approximate surface area is 160 Å². The molecule has 0 aliphatic carbocycles. The molecular weight excluding hydrogens is 364 g/mol. The SMILES string of the molecule is O=C(N[C@H]1CCCN(c2cc(-c3ccncc3)[nH]n2)C1)c1cc(F)cc(F)c1. The van der Waals surface area contributed by atoms with E-state index in [0.717, 1.165) is 54.7 Å². The number of piperidine rings is 1. The number of nitrogens with one attached hydrogen (secondary N) is 2. The first-order chi connectivity index (χ1) is 13.6. The average molecular weight is 383 g/mol. The third-order valence-electron chi connectivity index (χ3n) is 4.76. The summed E-state index contributed by atoms with van der Waals surface area (Å²) in [5.74, 6) is -1.22. The number of benzene rings is 1. The molecule has 1 fully saturated rings. The smallest absolute Gasteiger partial charge is 0.251 e. The first kappa shape index (κ1) is 18.1. The van der Waals surface area contributed by atoms with Crippen LogP contribution in [0.1, 0.15) is 23.2 Å². The summed E-state index contributed by atoms with van der Waals surface area (Å²) < 4.78 is 26.7. The molecule has 8 heteroatoms. The second-order valence-corrected chi connectivity index (χ2v) is 6.79. The molecule has 28 heavy (non-hydrogen) atoms. The fourth-order valence-corrected chi connectivity index (χ4v) is 3.41. The fourth-order valence-electron chi connectivity index (χ4n) is 3.41. The van der Waals surface area contributed by atoms with Crippen LogP contribution in [-0.4, -0.2) is 40.2 Å². The second kappa shape index (κ2) is 7.75. The average Bonchev–Trinajstić information content (AvgIpc) is 3.18. The van der Waals surface area contributed by atoms with Gasteiger partial charge < -0.3 is 10.2 Å². The molecule has 0 unspecified atom stereocenters. The third-order valence-corrected chi connectivity index (χ3v) is 4.76. The number of amides is 1. The van der Waals surface area contributed by atoms with E-state index >= 15 is 0 Å². The standard InChI is InChI=1S/C20H19F2N5O/c21-15-8-14(9-16(22)10-15)20(28)24-17-2-1-7-27(12-17)19-11-18(25-26-19)13-3-5-23-6-4-13/h3-6,8-11,17H,1-2,7,12H2,(H,24,28)(H,25,26)/t17-/m0/s1. The van der Waals surface area contributed by atoms with Gasteiger partial charge in [0.05, 0.1) is 5.69 Å². The van der Waals surface area contributed by atoms with Crippen LogP contribution in [0.3, 0.4) is 0 Å². The Balaban J connectivity index is 1.43. The van der Waals surface area contributed by atoms with Crippen LogP contribution < -0.4 is 10.2 Å². The van der Waals surface area contributed by atoms with Gasteiger partial charge in [-0.25, -0.2) is 8.78 Å². The lowest BCUT2D eigenvalue weighted by Gasteiger charge is -2.33. The lowest BCUT2D eigenvalue weighted by molar-refractivity contribution is 0.0932. The summed E-state index contributed by atoms with van der Waals surface area (Å²) in [4.78, 5) is 18.5. The van der Waals surface area contributed by atoms with E-state index in [1.54, 1.807) is 12.4 Å². The predicted octanol–water partition coefficient (Wildman–Crippen LogP) is 3.15. The molecule has 0 saturated carbocycles. The minimum atomic E-state index is -0.768. The Morgan fingerprint density at radius 1 is 1.14 bits per heavy atom. The molecule has 4 rings (SSSR count). The summed E-state index contributed by atoms with van der Waals surface area (Å²) in [5.41, 5.74) is 1.86. The van der Waals surface area contributed by atoms with Crippen LogP contribution in [-0.2, 0) is 0 Å². The first-order valence-electron chi connectivity index (χ1n) is 9.06. The quantitative estimate of drug-likeness (QED) is 0.726. The van der Waals surface area contributed by atoms with E-state index in [0.29, 0.717) is 6.54 Å². The summed E-state index contributed by atoms with van der Waals surface area (Å²) in [6.07, 6.45) is 5.11. The molecule has 1 aromatic carbocycles. The van der Waals surface area contributed by atoms with Gasteiger partial charge in [-0.1, -0.05) is 0 Å². The number of carbonyl (C=O) groups is 1. The molecule has 1 aliphatic heterocycles. The highest BCUT2D eigenvalue weighted by Crippen LogP contribution is 2.24. The van der Waals surface area contributed by atoms with E-state index in [-0.39, 0.29) is 11.6 Å². The van der Waals surface area contributed by atoms with Crippen molar-refractivity contribution in [3.8, 4) is 11.3 Å². The Morgan fingerprint density at radius 2 is 1.89 bits per heavy atom. The summed E-state index contributed by atoms with van der Waals surface area (Å²) >= 11 is 0. The second-order valence-electron chi connectivity index (χ2n) is 6.79. The van der Waals surface area contributed by atoms with Crippen LogP contribution in [0, 0.1) is 11.6 Å². The Bertz CT molecular complexity index is 955. The summed E-state index contributed by atoms with van der Waals surface area (Å²) in [5, 5.41) is 10.3. The normalized spacial score (nSPS) is 16.8. The highest BCUT2D eigenvalue weighted by molar-refractivity contribution is 5.94. The van der Waals surface area contributed by atoms with Crippen LogP contribution in [0.2, 0.25) is 0 Å². The van der Waals surface area contributed by atoms with Crippen molar-refractivity contribution < 1.29 is 13.6 Å². The molecule has 6 nitrogen and oxygen atoms in total. The van der Waals surface area contributed by atoms with Crippen molar-refractivity contribution in [2.24, 2.45) is 0 Å². The van der Waals surface area contributed by atoms with Crippen molar-refractivity contribution in [1.82, 2.24) is 20.5 Å². The van der Waals surface area contributed by atoms with Crippen molar-refractivity contribution in [3.05, 3.63) is 66.0 Å². The molecule has 0 radical (unpaired) electrons. The number of halogens is 2. The van der Waals surface area contributed by atoms with E-state index in [1.807, 2.05) is 18.2 Å². The Kier molecular flexibility index (Phi) is 5.01. The molecule has 3 heterocycles. The number of nitrogens with zero attached hydrogens (tertiary/aromatic N) is 3. The molecule has 1 aliphatic rings. The van der Waals surface area contributed by atoms with Crippen LogP contribution in [0.5, 0.6) is 0 Å². The van der Waals surface area contributed by atoms with E-state index in [1.165, 1.54) is 0 Å². The van der Waals surface area contributed by atoms with Crippen LogP contribution in [0.4, 0.5) is 14.6 Å². The van der Waals surface area contributed by atoms with Gasteiger partial charge in [-0.2, -0.15) is 5.10 Å². The zero-order valence-electron chi connectivity index (χ0n) is 15.0. The molecule has 1 saturated heterocycles. The van der Waals surface area contributed by atoms with E-state index in [2.05, 4.69) is 25.4 Å². The third kappa shape index (κ3) is 4.00. The van der Waals surface area contributed by atoms with Crippen LogP contribution in [0.15, 0.2) is 48.8 Å². The molecule has 0 spiro atoms. The van der Waals surface area contributed by atoms with Gasteiger partial charge in [-0.05, 0) is 37.1 Å². The number of pyridine rings is 1. The maximum atomic E-state index is 13.3. The lowest BCUT2D eigenvalue weighted by Crippen LogP contribution is -2.48. The number of carbonyl (C=O) groups excluding carboxylic acids is 1. The Morgan fingerprint density at radius 3 is 2.64 bits per heavy atom. The zero-order valence-corrected chi connectivity index (χ0v) is 15.0. The highest BCUT2D eigenvalue weighted by atomic mass is 19.1. The number of hydrogen-bond donors (Lipinski definition) is 2.